The number of benzene rings is 1. The Morgan fingerprint density at radius 1 is 1.44 bits per heavy atom. The first-order chi connectivity index (χ1) is 8.58. The van der Waals surface area contributed by atoms with Crippen LogP contribution in [0.4, 0.5) is 4.39 Å². The Kier molecular flexibility index (Phi) is 5.84. The zero-order valence-electron chi connectivity index (χ0n) is 11.3. The Morgan fingerprint density at radius 3 is 2.78 bits per heavy atom. The number of hydrogen-bond acceptors (Lipinski definition) is 2. The van der Waals surface area contributed by atoms with Crippen LogP contribution in [0.25, 0.3) is 0 Å². The van der Waals surface area contributed by atoms with E-state index in [9.17, 15) is 4.39 Å². The lowest BCUT2D eigenvalue weighted by molar-refractivity contribution is 0.243. The lowest BCUT2D eigenvalue weighted by Crippen LogP contribution is -2.28. The molecular weight excluding hydrogens is 227 g/mol. The highest BCUT2D eigenvalue weighted by Gasteiger charge is 2.10. The van der Waals surface area contributed by atoms with Crippen LogP contribution >= 0.6 is 0 Å². The molecule has 3 heteroatoms. The minimum atomic E-state index is -0.258. The number of halogens is 1. The van der Waals surface area contributed by atoms with Gasteiger partial charge in [-0.25, -0.2) is 4.39 Å². The maximum Gasteiger partial charge on any atom is 0.124 e. The Bertz CT molecular complexity index is 446. The molecule has 0 aliphatic carbocycles. The van der Waals surface area contributed by atoms with E-state index < -0.39 is 0 Å². The van der Waals surface area contributed by atoms with E-state index in [2.05, 4.69) is 37.6 Å². The standard InChI is InChI=1S/C15H21FN2/c1-4-12(2)18(3)11-14-7-8-15(16)10-13(14)6-5-9-17/h7-8,10,12H,4,9,11,17H2,1-3H3. The predicted octanol–water partition coefficient (Wildman–Crippen LogP) is 2.37. The third-order valence-electron chi connectivity index (χ3n) is 3.16. The molecule has 0 heterocycles. The summed E-state index contributed by atoms with van der Waals surface area (Å²) in [6.07, 6.45) is 1.08. The van der Waals surface area contributed by atoms with E-state index in [4.69, 9.17) is 5.73 Å². The second-order valence-corrected chi connectivity index (χ2v) is 4.48. The molecule has 2 nitrogen and oxygen atoms in total. The highest BCUT2D eigenvalue weighted by molar-refractivity contribution is 5.41. The van der Waals surface area contributed by atoms with Crippen molar-refractivity contribution in [3.05, 3.63) is 35.1 Å². The third-order valence-corrected chi connectivity index (χ3v) is 3.16. The number of rotatable bonds is 4. The van der Waals surface area contributed by atoms with Gasteiger partial charge in [0.05, 0.1) is 6.54 Å². The molecule has 0 bridgehead atoms. The quantitative estimate of drug-likeness (QED) is 0.829. The Balaban J connectivity index is 2.94. The van der Waals surface area contributed by atoms with Gasteiger partial charge < -0.3 is 5.73 Å². The van der Waals surface area contributed by atoms with E-state index in [0.717, 1.165) is 24.1 Å². The molecule has 1 atom stereocenters. The van der Waals surface area contributed by atoms with E-state index in [1.165, 1.54) is 12.1 Å². The number of hydrogen-bond donors (Lipinski definition) is 1. The summed E-state index contributed by atoms with van der Waals surface area (Å²) in [6, 6.07) is 5.25. The summed E-state index contributed by atoms with van der Waals surface area (Å²) in [7, 11) is 2.07. The topological polar surface area (TPSA) is 29.3 Å². The first-order valence-corrected chi connectivity index (χ1v) is 6.26. The van der Waals surface area contributed by atoms with Gasteiger partial charge in [0.1, 0.15) is 5.82 Å². The molecule has 18 heavy (non-hydrogen) atoms. The van der Waals surface area contributed by atoms with Crippen LogP contribution in [0, 0.1) is 17.7 Å². The maximum atomic E-state index is 13.2. The highest BCUT2D eigenvalue weighted by Crippen LogP contribution is 2.14. The molecule has 0 fully saturated rings. The van der Waals surface area contributed by atoms with Crippen molar-refractivity contribution in [1.82, 2.24) is 4.90 Å². The van der Waals surface area contributed by atoms with Gasteiger partial charge in [0, 0.05) is 18.2 Å². The smallest absolute Gasteiger partial charge is 0.124 e. The van der Waals surface area contributed by atoms with E-state index in [0.29, 0.717) is 6.04 Å². The molecule has 1 aromatic rings. The fourth-order valence-electron chi connectivity index (χ4n) is 1.69. The van der Waals surface area contributed by atoms with Crippen molar-refractivity contribution in [3.63, 3.8) is 0 Å². The molecule has 0 spiro atoms. The first kappa shape index (κ1) is 14.7. The van der Waals surface area contributed by atoms with Gasteiger partial charge in [0.2, 0.25) is 0 Å². The minimum absolute atomic E-state index is 0.258. The van der Waals surface area contributed by atoms with Gasteiger partial charge in [0.15, 0.2) is 0 Å². The molecule has 2 N–H and O–H groups in total. The monoisotopic (exact) mass is 248 g/mol. The Hall–Kier alpha value is -1.37. The summed E-state index contributed by atoms with van der Waals surface area (Å²) in [4.78, 5) is 2.24. The highest BCUT2D eigenvalue weighted by atomic mass is 19.1. The van der Waals surface area contributed by atoms with Gasteiger partial charge >= 0.3 is 0 Å². The van der Waals surface area contributed by atoms with Crippen molar-refractivity contribution in [2.24, 2.45) is 5.73 Å². The van der Waals surface area contributed by atoms with Crippen LogP contribution in [0.1, 0.15) is 31.4 Å². The summed E-state index contributed by atoms with van der Waals surface area (Å²) < 4.78 is 13.2. The fraction of sp³-hybridized carbons (Fsp3) is 0.467. The molecule has 0 aromatic heterocycles. The zero-order valence-corrected chi connectivity index (χ0v) is 11.3. The molecule has 0 saturated carbocycles. The predicted molar refractivity (Wildman–Crippen MR) is 73.6 cm³/mol. The van der Waals surface area contributed by atoms with Gasteiger partial charge in [-0.1, -0.05) is 24.8 Å². The second-order valence-electron chi connectivity index (χ2n) is 4.48. The van der Waals surface area contributed by atoms with Crippen molar-refractivity contribution in [3.8, 4) is 11.8 Å². The van der Waals surface area contributed by atoms with Crippen molar-refractivity contribution >= 4 is 0 Å². The minimum Gasteiger partial charge on any atom is -0.320 e. The van der Waals surface area contributed by atoms with E-state index in [-0.39, 0.29) is 12.4 Å². The first-order valence-electron chi connectivity index (χ1n) is 6.26. The van der Waals surface area contributed by atoms with Crippen LogP contribution in [-0.2, 0) is 6.54 Å². The normalized spacial score (nSPS) is 12.1. The van der Waals surface area contributed by atoms with Crippen molar-refractivity contribution < 1.29 is 4.39 Å². The van der Waals surface area contributed by atoms with Crippen LogP contribution in [0.5, 0.6) is 0 Å². The van der Waals surface area contributed by atoms with Crippen LogP contribution in [0.15, 0.2) is 18.2 Å². The summed E-state index contributed by atoms with van der Waals surface area (Å²) in [5.41, 5.74) is 7.13. The SMILES string of the molecule is CCC(C)N(C)Cc1ccc(F)cc1C#CCN. The van der Waals surface area contributed by atoms with E-state index in [1.807, 2.05) is 0 Å². The molecule has 0 aliphatic rings. The summed E-state index contributed by atoms with van der Waals surface area (Å²) in [6.45, 7) is 5.39. The maximum absolute atomic E-state index is 13.2. The largest absolute Gasteiger partial charge is 0.320 e. The fourth-order valence-corrected chi connectivity index (χ4v) is 1.69. The average Bonchev–Trinajstić information content (AvgIpc) is 2.37. The number of nitrogens with two attached hydrogens (primary N) is 1. The lowest BCUT2D eigenvalue weighted by atomic mass is 10.1. The molecule has 98 valence electrons. The van der Waals surface area contributed by atoms with Crippen molar-refractivity contribution in [1.29, 1.82) is 0 Å². The summed E-state index contributed by atoms with van der Waals surface area (Å²) in [5, 5.41) is 0. The molecule has 0 radical (unpaired) electrons. The van der Waals surface area contributed by atoms with Gasteiger partial charge in [-0.15, -0.1) is 0 Å². The van der Waals surface area contributed by atoms with Crippen molar-refractivity contribution in [2.45, 2.75) is 32.9 Å². The molecule has 1 rings (SSSR count). The van der Waals surface area contributed by atoms with Gasteiger partial charge in [0.25, 0.3) is 0 Å². The second kappa shape index (κ2) is 7.15. The lowest BCUT2D eigenvalue weighted by Gasteiger charge is -2.24. The molecule has 0 amide bonds. The van der Waals surface area contributed by atoms with Gasteiger partial charge in [-0.2, -0.15) is 0 Å². The Morgan fingerprint density at radius 2 is 2.17 bits per heavy atom. The summed E-state index contributed by atoms with van der Waals surface area (Å²) >= 11 is 0. The van der Waals surface area contributed by atoms with Crippen molar-refractivity contribution in [2.75, 3.05) is 13.6 Å². The van der Waals surface area contributed by atoms with Gasteiger partial charge in [-0.3, -0.25) is 4.90 Å². The molecule has 0 aliphatic heterocycles. The van der Waals surface area contributed by atoms with Crippen LogP contribution in [-0.4, -0.2) is 24.5 Å². The third kappa shape index (κ3) is 4.14. The molecule has 1 unspecified atom stereocenters. The Labute approximate surface area is 109 Å². The van der Waals surface area contributed by atoms with Crippen LogP contribution < -0.4 is 5.73 Å². The van der Waals surface area contributed by atoms with Crippen LogP contribution in [0.2, 0.25) is 0 Å². The summed E-state index contributed by atoms with van der Waals surface area (Å²) in [5.74, 6) is 5.46. The van der Waals surface area contributed by atoms with E-state index >= 15 is 0 Å². The van der Waals surface area contributed by atoms with E-state index in [1.54, 1.807) is 6.07 Å². The molecule has 1 aromatic carbocycles. The van der Waals surface area contributed by atoms with Crippen LogP contribution in [0.3, 0.4) is 0 Å². The molecular formula is C15H21FN2. The number of nitrogens with zero attached hydrogens (tertiary/aromatic N) is 1. The average molecular weight is 248 g/mol. The molecule has 0 saturated heterocycles. The zero-order chi connectivity index (χ0) is 13.5. The van der Waals surface area contributed by atoms with Gasteiger partial charge in [-0.05, 0) is 38.1 Å².